The molecule has 23 heavy (non-hydrogen) atoms. The van der Waals surface area contributed by atoms with Crippen LogP contribution in [-0.4, -0.2) is 53.9 Å². The van der Waals surface area contributed by atoms with Crippen molar-refractivity contribution in [3.05, 3.63) is 11.3 Å². The minimum absolute atomic E-state index is 0.460. The van der Waals surface area contributed by atoms with E-state index in [1.54, 1.807) is 0 Å². The minimum Gasteiger partial charge on any atom is -0.363 e. The summed E-state index contributed by atoms with van der Waals surface area (Å²) in [4.78, 5) is 4.89. The van der Waals surface area contributed by atoms with E-state index in [2.05, 4.69) is 50.1 Å². The molecule has 0 saturated carbocycles. The highest BCUT2D eigenvalue weighted by Crippen LogP contribution is 2.30. The molecule has 130 valence electrons. The molecule has 2 unspecified atom stereocenters. The standard InChI is InChI=1S/C18H33N5/c1-13(2)17-14(18(21(3)4)22(5)20-17)12-19-15-9-11-23-10-7-6-8-16(15)23/h13,15-16,19H,6-12H2,1-5H3. The van der Waals surface area contributed by atoms with Gasteiger partial charge >= 0.3 is 0 Å². The predicted octanol–water partition coefficient (Wildman–Crippen LogP) is 2.33. The summed E-state index contributed by atoms with van der Waals surface area (Å²) in [6.07, 6.45) is 5.43. The van der Waals surface area contributed by atoms with Crippen LogP contribution in [0.2, 0.25) is 0 Å². The molecule has 2 saturated heterocycles. The molecule has 2 atom stereocenters. The Labute approximate surface area is 141 Å². The van der Waals surface area contributed by atoms with Crippen LogP contribution in [0.25, 0.3) is 0 Å². The number of nitrogens with one attached hydrogen (secondary N) is 1. The zero-order valence-corrected chi connectivity index (χ0v) is 15.5. The van der Waals surface area contributed by atoms with Crippen LogP contribution in [0.5, 0.6) is 0 Å². The fourth-order valence-corrected chi connectivity index (χ4v) is 4.49. The Balaban J connectivity index is 1.75. The lowest BCUT2D eigenvalue weighted by atomic mass is 9.98. The first-order valence-corrected chi connectivity index (χ1v) is 9.19. The van der Waals surface area contributed by atoms with Gasteiger partial charge in [-0.15, -0.1) is 0 Å². The molecule has 1 aromatic heterocycles. The lowest BCUT2D eigenvalue weighted by Crippen LogP contribution is -2.44. The van der Waals surface area contributed by atoms with Crippen molar-refractivity contribution in [2.24, 2.45) is 7.05 Å². The molecule has 0 amide bonds. The zero-order chi connectivity index (χ0) is 16.6. The summed E-state index contributed by atoms with van der Waals surface area (Å²) in [5.41, 5.74) is 2.61. The molecule has 0 radical (unpaired) electrons. The molecule has 0 aromatic carbocycles. The number of hydrogen-bond acceptors (Lipinski definition) is 4. The summed E-state index contributed by atoms with van der Waals surface area (Å²) in [6, 6.07) is 1.40. The average Bonchev–Trinajstić information content (AvgIpc) is 3.06. The van der Waals surface area contributed by atoms with Gasteiger partial charge in [0.25, 0.3) is 0 Å². The first-order valence-electron chi connectivity index (χ1n) is 9.19. The Morgan fingerprint density at radius 3 is 2.70 bits per heavy atom. The van der Waals surface area contributed by atoms with Crippen LogP contribution in [0.1, 0.15) is 56.7 Å². The van der Waals surface area contributed by atoms with Gasteiger partial charge < -0.3 is 10.2 Å². The fraction of sp³-hybridized carbons (Fsp3) is 0.833. The Kier molecular flexibility index (Phi) is 4.97. The number of nitrogens with zero attached hydrogens (tertiary/aromatic N) is 4. The van der Waals surface area contributed by atoms with Gasteiger partial charge in [-0.25, -0.2) is 0 Å². The van der Waals surface area contributed by atoms with Crippen LogP contribution in [0.3, 0.4) is 0 Å². The quantitative estimate of drug-likeness (QED) is 0.904. The summed E-state index contributed by atoms with van der Waals surface area (Å²) in [6.45, 7) is 7.99. The summed E-state index contributed by atoms with van der Waals surface area (Å²) in [5, 5.41) is 8.66. The predicted molar refractivity (Wildman–Crippen MR) is 96.1 cm³/mol. The van der Waals surface area contributed by atoms with Crippen molar-refractivity contribution in [3.8, 4) is 0 Å². The van der Waals surface area contributed by atoms with Gasteiger partial charge in [-0.1, -0.05) is 20.3 Å². The lowest BCUT2D eigenvalue weighted by Gasteiger charge is -2.32. The number of anilines is 1. The van der Waals surface area contributed by atoms with Crippen LogP contribution in [0.4, 0.5) is 5.82 Å². The number of rotatable bonds is 5. The van der Waals surface area contributed by atoms with Crippen molar-refractivity contribution in [2.75, 3.05) is 32.1 Å². The van der Waals surface area contributed by atoms with Gasteiger partial charge in [0.15, 0.2) is 0 Å². The topological polar surface area (TPSA) is 36.3 Å². The van der Waals surface area contributed by atoms with Gasteiger partial charge in [0.2, 0.25) is 0 Å². The van der Waals surface area contributed by atoms with E-state index in [0.29, 0.717) is 12.0 Å². The van der Waals surface area contributed by atoms with Crippen LogP contribution < -0.4 is 10.2 Å². The molecule has 0 bridgehead atoms. The van der Waals surface area contributed by atoms with Crippen molar-refractivity contribution < 1.29 is 0 Å². The van der Waals surface area contributed by atoms with Gasteiger partial charge in [-0.2, -0.15) is 5.10 Å². The van der Waals surface area contributed by atoms with E-state index in [0.717, 1.165) is 12.6 Å². The molecular formula is C18H33N5. The fourth-order valence-electron chi connectivity index (χ4n) is 4.49. The molecule has 3 heterocycles. The number of aromatic nitrogens is 2. The Bertz CT molecular complexity index is 534. The van der Waals surface area contributed by atoms with E-state index in [-0.39, 0.29) is 0 Å². The monoisotopic (exact) mass is 319 g/mol. The number of fused-ring (bicyclic) bond motifs is 1. The molecule has 3 rings (SSSR count). The Morgan fingerprint density at radius 2 is 2.00 bits per heavy atom. The normalized spacial score (nSPS) is 25.1. The second kappa shape index (κ2) is 6.81. The highest BCUT2D eigenvalue weighted by atomic mass is 15.4. The maximum absolute atomic E-state index is 4.78. The first kappa shape index (κ1) is 16.8. The van der Waals surface area contributed by atoms with Crippen molar-refractivity contribution in [1.29, 1.82) is 0 Å². The van der Waals surface area contributed by atoms with E-state index in [4.69, 9.17) is 5.10 Å². The molecule has 5 heteroatoms. The largest absolute Gasteiger partial charge is 0.363 e. The maximum atomic E-state index is 4.78. The van der Waals surface area contributed by atoms with Gasteiger partial charge in [0, 0.05) is 51.9 Å². The smallest absolute Gasteiger partial charge is 0.130 e. The number of hydrogen-bond donors (Lipinski definition) is 1. The molecule has 1 aromatic rings. The summed E-state index contributed by atoms with van der Waals surface area (Å²) in [5.74, 6) is 1.70. The van der Waals surface area contributed by atoms with Crippen LogP contribution in [0.15, 0.2) is 0 Å². The zero-order valence-electron chi connectivity index (χ0n) is 15.5. The van der Waals surface area contributed by atoms with E-state index in [1.807, 2.05) is 4.68 Å². The van der Waals surface area contributed by atoms with E-state index < -0.39 is 0 Å². The molecule has 0 aliphatic carbocycles. The minimum atomic E-state index is 0.460. The van der Waals surface area contributed by atoms with Crippen molar-refractivity contribution >= 4 is 5.82 Å². The summed E-state index contributed by atoms with van der Waals surface area (Å²) in [7, 11) is 6.29. The molecule has 2 aliphatic rings. The number of piperidine rings is 1. The highest BCUT2D eigenvalue weighted by molar-refractivity contribution is 5.50. The van der Waals surface area contributed by atoms with Crippen LogP contribution in [0, 0.1) is 0 Å². The van der Waals surface area contributed by atoms with Crippen molar-refractivity contribution in [1.82, 2.24) is 20.0 Å². The number of aryl methyl sites for hydroxylation is 1. The second-order valence-corrected chi connectivity index (χ2v) is 7.74. The molecule has 1 N–H and O–H groups in total. The SMILES string of the molecule is CC(C)c1nn(C)c(N(C)C)c1CNC1CCN2CCCCC12. The molecular weight excluding hydrogens is 286 g/mol. The van der Waals surface area contributed by atoms with Gasteiger partial charge in [-0.3, -0.25) is 9.58 Å². The Morgan fingerprint density at radius 1 is 1.22 bits per heavy atom. The first-order chi connectivity index (χ1) is 11.0. The molecule has 0 spiro atoms. The van der Waals surface area contributed by atoms with Gasteiger partial charge in [0.1, 0.15) is 5.82 Å². The third kappa shape index (κ3) is 3.26. The van der Waals surface area contributed by atoms with E-state index >= 15 is 0 Å². The van der Waals surface area contributed by atoms with Crippen LogP contribution in [-0.2, 0) is 13.6 Å². The van der Waals surface area contributed by atoms with Crippen LogP contribution >= 0.6 is 0 Å². The van der Waals surface area contributed by atoms with Gasteiger partial charge in [0.05, 0.1) is 5.69 Å². The van der Waals surface area contributed by atoms with Crippen molar-refractivity contribution in [2.45, 2.75) is 64.1 Å². The second-order valence-electron chi connectivity index (χ2n) is 7.74. The third-order valence-corrected chi connectivity index (χ3v) is 5.51. The Hall–Kier alpha value is -1.07. The van der Waals surface area contributed by atoms with E-state index in [9.17, 15) is 0 Å². The maximum Gasteiger partial charge on any atom is 0.130 e. The van der Waals surface area contributed by atoms with E-state index in [1.165, 1.54) is 55.8 Å². The van der Waals surface area contributed by atoms with Gasteiger partial charge in [-0.05, 0) is 31.7 Å². The summed E-state index contributed by atoms with van der Waals surface area (Å²) < 4.78 is 2.04. The third-order valence-electron chi connectivity index (χ3n) is 5.51. The summed E-state index contributed by atoms with van der Waals surface area (Å²) >= 11 is 0. The highest BCUT2D eigenvalue weighted by Gasteiger charge is 2.35. The molecule has 2 fully saturated rings. The molecule has 5 nitrogen and oxygen atoms in total. The lowest BCUT2D eigenvalue weighted by molar-refractivity contribution is 0.180. The molecule has 2 aliphatic heterocycles. The van der Waals surface area contributed by atoms with Crippen molar-refractivity contribution in [3.63, 3.8) is 0 Å². The average molecular weight is 319 g/mol.